The number of pyridine rings is 1. The molecule has 0 saturated heterocycles. The number of rotatable bonds is 6. The number of sulfone groups is 1. The first-order valence-electron chi connectivity index (χ1n) is 5.97. The van der Waals surface area contributed by atoms with Gasteiger partial charge in [0.05, 0.1) is 0 Å². The lowest BCUT2D eigenvalue weighted by molar-refractivity contribution is 0.253. The molecule has 0 aliphatic heterocycles. The molecule has 1 saturated carbocycles. The Morgan fingerprint density at radius 1 is 1.50 bits per heavy atom. The molecule has 0 atom stereocenters. The van der Waals surface area contributed by atoms with Crippen LogP contribution >= 0.6 is 0 Å². The number of aromatic nitrogens is 1. The molecule has 2 N–H and O–H groups in total. The number of anilines is 1. The van der Waals surface area contributed by atoms with Gasteiger partial charge in [0.1, 0.15) is 10.7 Å². The Bertz CT molecular complexity index is 524. The molecule has 18 heavy (non-hydrogen) atoms. The lowest BCUT2D eigenvalue weighted by atomic mass is 10.0. The maximum Gasteiger partial charge on any atom is 0.179 e. The van der Waals surface area contributed by atoms with E-state index in [9.17, 15) is 8.42 Å². The zero-order valence-corrected chi connectivity index (χ0v) is 11.2. The highest BCUT2D eigenvalue weighted by molar-refractivity contribution is 7.90. The second-order valence-corrected chi connectivity index (χ2v) is 6.93. The average Bonchev–Trinajstić information content (AvgIpc) is 3.07. The van der Waals surface area contributed by atoms with E-state index in [0.29, 0.717) is 12.4 Å². The van der Waals surface area contributed by atoms with E-state index in [-0.39, 0.29) is 16.9 Å². The highest BCUT2D eigenvalue weighted by Crippen LogP contribution is 2.48. The minimum absolute atomic E-state index is 0.126. The van der Waals surface area contributed by atoms with Gasteiger partial charge in [-0.05, 0) is 36.8 Å². The van der Waals surface area contributed by atoms with Gasteiger partial charge in [-0.3, -0.25) is 0 Å². The summed E-state index contributed by atoms with van der Waals surface area (Å²) < 4.78 is 23.2. The van der Waals surface area contributed by atoms with E-state index in [1.807, 2.05) is 0 Å². The van der Waals surface area contributed by atoms with Crippen molar-refractivity contribution in [3.05, 3.63) is 18.3 Å². The molecule has 100 valence electrons. The van der Waals surface area contributed by atoms with Crippen molar-refractivity contribution in [2.24, 2.45) is 5.41 Å². The Labute approximate surface area is 107 Å². The predicted molar refractivity (Wildman–Crippen MR) is 69.2 cm³/mol. The van der Waals surface area contributed by atoms with E-state index in [4.69, 9.17) is 5.11 Å². The summed E-state index contributed by atoms with van der Waals surface area (Å²) in [4.78, 5) is 4.31. The van der Waals surface area contributed by atoms with Crippen LogP contribution in [-0.2, 0) is 9.84 Å². The van der Waals surface area contributed by atoms with E-state index in [2.05, 4.69) is 10.3 Å². The SMILES string of the molecule is CS(=O)(=O)c1cccnc1NCC1(CCO)CC1. The Morgan fingerprint density at radius 2 is 2.22 bits per heavy atom. The Balaban J connectivity index is 2.11. The molecule has 1 aliphatic rings. The maximum atomic E-state index is 11.6. The third kappa shape index (κ3) is 3.00. The lowest BCUT2D eigenvalue weighted by Gasteiger charge is -2.16. The number of aliphatic hydroxyl groups excluding tert-OH is 1. The fourth-order valence-electron chi connectivity index (χ4n) is 2.02. The molecule has 0 spiro atoms. The number of hydrogen-bond acceptors (Lipinski definition) is 5. The molecular weight excluding hydrogens is 252 g/mol. The monoisotopic (exact) mass is 270 g/mol. The van der Waals surface area contributed by atoms with Crippen LogP contribution in [0.5, 0.6) is 0 Å². The quantitative estimate of drug-likeness (QED) is 0.808. The third-order valence-corrected chi connectivity index (χ3v) is 4.53. The van der Waals surface area contributed by atoms with Gasteiger partial charge in [0.15, 0.2) is 9.84 Å². The zero-order chi connectivity index (χ0) is 13.2. The fraction of sp³-hybridized carbons (Fsp3) is 0.583. The zero-order valence-electron chi connectivity index (χ0n) is 10.4. The molecule has 5 nitrogen and oxygen atoms in total. The van der Waals surface area contributed by atoms with Gasteiger partial charge in [0, 0.05) is 25.6 Å². The molecule has 6 heteroatoms. The van der Waals surface area contributed by atoms with E-state index in [1.165, 1.54) is 6.26 Å². The van der Waals surface area contributed by atoms with Crippen LogP contribution < -0.4 is 5.32 Å². The second kappa shape index (κ2) is 4.85. The van der Waals surface area contributed by atoms with Crippen LogP contribution in [0.2, 0.25) is 0 Å². The molecule has 0 amide bonds. The molecule has 0 unspecified atom stereocenters. The summed E-state index contributed by atoms with van der Waals surface area (Å²) >= 11 is 0. The summed E-state index contributed by atoms with van der Waals surface area (Å²) in [6.07, 6.45) is 5.64. The van der Waals surface area contributed by atoms with Crippen molar-refractivity contribution in [2.75, 3.05) is 24.7 Å². The van der Waals surface area contributed by atoms with E-state index >= 15 is 0 Å². The van der Waals surface area contributed by atoms with Crippen LogP contribution in [0.4, 0.5) is 5.82 Å². The smallest absolute Gasteiger partial charge is 0.179 e. The van der Waals surface area contributed by atoms with Crippen molar-refractivity contribution in [1.82, 2.24) is 4.98 Å². The van der Waals surface area contributed by atoms with Crippen molar-refractivity contribution in [3.63, 3.8) is 0 Å². The number of aliphatic hydroxyl groups is 1. The summed E-state index contributed by atoms with van der Waals surface area (Å²) in [5.74, 6) is 0.407. The fourth-order valence-corrected chi connectivity index (χ4v) is 2.82. The van der Waals surface area contributed by atoms with Crippen LogP contribution in [0, 0.1) is 5.41 Å². The van der Waals surface area contributed by atoms with Crippen molar-refractivity contribution in [1.29, 1.82) is 0 Å². The van der Waals surface area contributed by atoms with Crippen LogP contribution in [0.25, 0.3) is 0 Å². The standard InChI is InChI=1S/C12H18N2O3S/c1-18(16,17)10-3-2-7-13-11(10)14-9-12(4-5-12)6-8-15/h2-3,7,15H,4-6,8-9H2,1H3,(H,13,14). The third-order valence-electron chi connectivity index (χ3n) is 3.40. The molecule has 1 aliphatic carbocycles. The first-order valence-corrected chi connectivity index (χ1v) is 7.86. The number of nitrogens with one attached hydrogen (secondary N) is 1. The molecule has 1 aromatic rings. The molecule has 0 bridgehead atoms. The highest BCUT2D eigenvalue weighted by Gasteiger charge is 2.41. The van der Waals surface area contributed by atoms with Crippen molar-refractivity contribution < 1.29 is 13.5 Å². The van der Waals surface area contributed by atoms with E-state index < -0.39 is 9.84 Å². The maximum absolute atomic E-state index is 11.6. The lowest BCUT2D eigenvalue weighted by Crippen LogP contribution is -2.18. The predicted octanol–water partition coefficient (Wildman–Crippen LogP) is 1.06. The van der Waals surface area contributed by atoms with E-state index in [0.717, 1.165) is 19.3 Å². The molecule has 2 rings (SSSR count). The molecule has 1 aromatic heterocycles. The number of nitrogens with zero attached hydrogens (tertiary/aromatic N) is 1. The highest BCUT2D eigenvalue weighted by atomic mass is 32.2. The van der Waals surface area contributed by atoms with Gasteiger partial charge in [-0.25, -0.2) is 13.4 Å². The Kier molecular flexibility index (Phi) is 3.59. The van der Waals surface area contributed by atoms with Gasteiger partial charge in [-0.1, -0.05) is 0 Å². The summed E-state index contributed by atoms with van der Waals surface area (Å²) in [6.45, 7) is 0.829. The van der Waals surface area contributed by atoms with Gasteiger partial charge in [0.25, 0.3) is 0 Å². The normalized spacial score (nSPS) is 17.4. The molecular formula is C12H18N2O3S. The van der Waals surface area contributed by atoms with Gasteiger partial charge >= 0.3 is 0 Å². The average molecular weight is 270 g/mol. The summed E-state index contributed by atoms with van der Waals surface area (Å²) in [5, 5.41) is 12.1. The minimum atomic E-state index is -3.27. The van der Waals surface area contributed by atoms with Crippen LogP contribution in [0.1, 0.15) is 19.3 Å². The first-order chi connectivity index (χ1) is 8.47. The Morgan fingerprint density at radius 3 is 2.78 bits per heavy atom. The van der Waals surface area contributed by atoms with Gasteiger partial charge in [-0.15, -0.1) is 0 Å². The molecule has 0 aromatic carbocycles. The molecule has 1 fully saturated rings. The van der Waals surface area contributed by atoms with Gasteiger partial charge < -0.3 is 10.4 Å². The van der Waals surface area contributed by atoms with Crippen LogP contribution in [0.15, 0.2) is 23.2 Å². The van der Waals surface area contributed by atoms with Crippen LogP contribution in [-0.4, -0.2) is 37.9 Å². The first kappa shape index (κ1) is 13.3. The van der Waals surface area contributed by atoms with Crippen molar-refractivity contribution in [2.45, 2.75) is 24.2 Å². The van der Waals surface area contributed by atoms with Gasteiger partial charge in [0.2, 0.25) is 0 Å². The largest absolute Gasteiger partial charge is 0.396 e. The summed E-state index contributed by atoms with van der Waals surface area (Å²) in [5.41, 5.74) is 0.126. The summed E-state index contributed by atoms with van der Waals surface area (Å²) in [6, 6.07) is 3.17. The van der Waals surface area contributed by atoms with Crippen LogP contribution in [0.3, 0.4) is 0 Å². The molecule has 1 heterocycles. The summed E-state index contributed by atoms with van der Waals surface area (Å²) in [7, 11) is -3.27. The topological polar surface area (TPSA) is 79.3 Å². The van der Waals surface area contributed by atoms with E-state index in [1.54, 1.807) is 18.3 Å². The van der Waals surface area contributed by atoms with Gasteiger partial charge in [-0.2, -0.15) is 0 Å². The second-order valence-electron chi connectivity index (χ2n) is 4.95. The Hall–Kier alpha value is -1.14. The van der Waals surface area contributed by atoms with Crippen molar-refractivity contribution in [3.8, 4) is 0 Å². The minimum Gasteiger partial charge on any atom is -0.396 e. The van der Waals surface area contributed by atoms with Crippen molar-refractivity contribution >= 4 is 15.7 Å². The number of hydrogen-bond donors (Lipinski definition) is 2. The molecule has 0 radical (unpaired) electrons.